The molecule has 7 heteroatoms. The van der Waals surface area contributed by atoms with Crippen LogP contribution in [0, 0.1) is 0 Å². The number of methoxy groups -OCH3 is 1. The summed E-state index contributed by atoms with van der Waals surface area (Å²) in [6, 6.07) is 1.88. The first-order valence-corrected chi connectivity index (χ1v) is 5.95. The van der Waals surface area contributed by atoms with Gasteiger partial charge in [-0.2, -0.15) is 13.2 Å². The maximum absolute atomic E-state index is 13.2. The van der Waals surface area contributed by atoms with Crippen molar-refractivity contribution in [3.8, 4) is 5.75 Å². The number of nitrogens with two attached hydrogens (primary N) is 1. The Morgan fingerprint density at radius 2 is 2.00 bits per heavy atom. The van der Waals surface area contributed by atoms with Crippen molar-refractivity contribution in [3.05, 3.63) is 28.8 Å². The van der Waals surface area contributed by atoms with E-state index in [0.29, 0.717) is 0 Å². The minimum atomic E-state index is -4.90. The van der Waals surface area contributed by atoms with Crippen molar-refractivity contribution in [2.45, 2.75) is 31.2 Å². The van der Waals surface area contributed by atoms with Gasteiger partial charge in [0.2, 0.25) is 5.60 Å². The van der Waals surface area contributed by atoms with Gasteiger partial charge in [-0.25, -0.2) is 0 Å². The van der Waals surface area contributed by atoms with E-state index in [-0.39, 0.29) is 17.2 Å². The van der Waals surface area contributed by atoms with E-state index in [4.69, 9.17) is 22.1 Å². The molecule has 0 saturated heterocycles. The van der Waals surface area contributed by atoms with Crippen LogP contribution in [-0.2, 0) is 5.60 Å². The highest BCUT2D eigenvalue weighted by molar-refractivity contribution is 6.32. The Kier molecular flexibility index (Phi) is 4.71. The first-order valence-electron chi connectivity index (χ1n) is 5.57. The minimum absolute atomic E-state index is 0.0407. The summed E-state index contributed by atoms with van der Waals surface area (Å²) in [5.74, 6) is 0.0464. The summed E-state index contributed by atoms with van der Waals surface area (Å²) in [6.07, 6.45) is -4.94. The summed E-state index contributed by atoms with van der Waals surface area (Å²) in [5, 5.41) is 10.2. The number of alkyl halides is 3. The van der Waals surface area contributed by atoms with Gasteiger partial charge in [0.1, 0.15) is 5.75 Å². The molecule has 0 aromatic heterocycles. The number of benzene rings is 1. The summed E-state index contributed by atoms with van der Waals surface area (Å²) >= 11 is 5.76. The van der Waals surface area contributed by atoms with Crippen LogP contribution >= 0.6 is 11.6 Å². The molecule has 1 aromatic rings. The van der Waals surface area contributed by atoms with Crippen LogP contribution in [0.1, 0.15) is 18.9 Å². The summed E-state index contributed by atoms with van der Waals surface area (Å²) in [6.45, 7) is 1.47. The van der Waals surface area contributed by atoms with Crippen molar-refractivity contribution in [1.82, 2.24) is 0 Å². The molecule has 0 aliphatic carbocycles. The SMILES string of the molecule is CCC(N)C(O)(c1ccc(Cl)c(OC)c1)C(F)(F)F. The minimum Gasteiger partial charge on any atom is -0.495 e. The Morgan fingerprint density at radius 1 is 1.42 bits per heavy atom. The first-order chi connectivity index (χ1) is 8.68. The van der Waals surface area contributed by atoms with Crippen LogP contribution in [-0.4, -0.2) is 24.4 Å². The van der Waals surface area contributed by atoms with Gasteiger partial charge in [-0.3, -0.25) is 0 Å². The lowest BCUT2D eigenvalue weighted by Crippen LogP contribution is -2.55. The highest BCUT2D eigenvalue weighted by Gasteiger charge is 2.58. The Morgan fingerprint density at radius 3 is 2.42 bits per heavy atom. The van der Waals surface area contributed by atoms with Crippen molar-refractivity contribution in [3.63, 3.8) is 0 Å². The third-order valence-electron chi connectivity index (χ3n) is 3.00. The van der Waals surface area contributed by atoms with Crippen LogP contribution < -0.4 is 10.5 Å². The standard InChI is InChI=1S/C12H15ClF3NO2/c1-3-10(17)11(18,12(14,15)16)7-4-5-8(13)9(6-7)19-2/h4-6,10,18H,3,17H2,1-2H3. The Hall–Kier alpha value is -0.980. The predicted octanol–water partition coefficient (Wildman–Crippen LogP) is 2.84. The molecule has 2 atom stereocenters. The molecule has 0 bridgehead atoms. The van der Waals surface area contributed by atoms with Gasteiger partial charge < -0.3 is 15.6 Å². The molecule has 0 aliphatic heterocycles. The largest absolute Gasteiger partial charge is 0.495 e. The molecule has 0 spiro atoms. The number of ether oxygens (including phenoxy) is 1. The van der Waals surface area contributed by atoms with Crippen LogP contribution in [0.15, 0.2) is 18.2 Å². The Balaban J connectivity index is 3.42. The Labute approximate surface area is 114 Å². The molecular weight excluding hydrogens is 283 g/mol. The third-order valence-corrected chi connectivity index (χ3v) is 3.31. The van der Waals surface area contributed by atoms with Gasteiger partial charge in [0.25, 0.3) is 0 Å². The molecule has 3 nitrogen and oxygen atoms in total. The lowest BCUT2D eigenvalue weighted by Gasteiger charge is -2.35. The van der Waals surface area contributed by atoms with Gasteiger partial charge in [0.15, 0.2) is 0 Å². The third kappa shape index (κ3) is 2.80. The number of hydrogen-bond donors (Lipinski definition) is 2. The average molecular weight is 298 g/mol. The number of halogens is 4. The smallest absolute Gasteiger partial charge is 0.423 e. The molecule has 0 radical (unpaired) electrons. The second kappa shape index (κ2) is 5.56. The topological polar surface area (TPSA) is 55.5 Å². The summed E-state index contributed by atoms with van der Waals surface area (Å²) in [7, 11) is 1.28. The summed E-state index contributed by atoms with van der Waals surface area (Å²) in [5.41, 5.74) is 1.92. The van der Waals surface area contributed by atoms with E-state index in [1.165, 1.54) is 20.1 Å². The van der Waals surface area contributed by atoms with E-state index in [1.54, 1.807) is 0 Å². The molecule has 2 unspecified atom stereocenters. The lowest BCUT2D eigenvalue weighted by molar-refractivity contribution is -0.274. The van der Waals surface area contributed by atoms with E-state index >= 15 is 0 Å². The molecule has 0 saturated carbocycles. The second-order valence-electron chi connectivity index (χ2n) is 4.13. The molecular formula is C12H15ClF3NO2. The quantitative estimate of drug-likeness (QED) is 0.898. The number of aliphatic hydroxyl groups is 1. The zero-order valence-electron chi connectivity index (χ0n) is 10.5. The van der Waals surface area contributed by atoms with Crippen molar-refractivity contribution < 1.29 is 23.0 Å². The van der Waals surface area contributed by atoms with Crippen molar-refractivity contribution in [2.24, 2.45) is 5.73 Å². The van der Waals surface area contributed by atoms with Crippen molar-refractivity contribution in [2.75, 3.05) is 7.11 Å². The summed E-state index contributed by atoms with van der Waals surface area (Å²) in [4.78, 5) is 0. The van der Waals surface area contributed by atoms with E-state index in [0.717, 1.165) is 12.1 Å². The van der Waals surface area contributed by atoms with E-state index < -0.39 is 23.4 Å². The van der Waals surface area contributed by atoms with Gasteiger partial charge in [-0.05, 0) is 24.1 Å². The van der Waals surface area contributed by atoms with E-state index in [2.05, 4.69) is 0 Å². The van der Waals surface area contributed by atoms with Crippen LogP contribution in [0.5, 0.6) is 5.75 Å². The molecule has 0 aliphatic rings. The highest BCUT2D eigenvalue weighted by atomic mass is 35.5. The lowest BCUT2D eigenvalue weighted by atomic mass is 9.84. The fourth-order valence-electron chi connectivity index (χ4n) is 1.78. The molecule has 0 amide bonds. The van der Waals surface area contributed by atoms with Crippen molar-refractivity contribution in [1.29, 1.82) is 0 Å². The molecule has 1 rings (SSSR count). The van der Waals surface area contributed by atoms with Gasteiger partial charge in [0, 0.05) is 6.04 Å². The highest BCUT2D eigenvalue weighted by Crippen LogP contribution is 2.43. The maximum atomic E-state index is 13.2. The van der Waals surface area contributed by atoms with Crippen LogP contribution in [0.25, 0.3) is 0 Å². The summed E-state index contributed by atoms with van der Waals surface area (Å²) < 4.78 is 44.3. The zero-order chi connectivity index (χ0) is 14.8. The fourth-order valence-corrected chi connectivity index (χ4v) is 1.97. The average Bonchev–Trinajstić information content (AvgIpc) is 2.36. The molecule has 108 valence electrons. The zero-order valence-corrected chi connectivity index (χ0v) is 11.2. The van der Waals surface area contributed by atoms with Crippen LogP contribution in [0.2, 0.25) is 5.02 Å². The van der Waals surface area contributed by atoms with Crippen molar-refractivity contribution >= 4 is 11.6 Å². The van der Waals surface area contributed by atoms with Crippen LogP contribution in [0.3, 0.4) is 0 Å². The van der Waals surface area contributed by atoms with Crippen LogP contribution in [0.4, 0.5) is 13.2 Å². The fraction of sp³-hybridized carbons (Fsp3) is 0.500. The van der Waals surface area contributed by atoms with Gasteiger partial charge >= 0.3 is 6.18 Å². The Bertz CT molecular complexity index is 453. The predicted molar refractivity (Wildman–Crippen MR) is 66.2 cm³/mol. The molecule has 19 heavy (non-hydrogen) atoms. The normalized spacial score (nSPS) is 16.8. The van der Waals surface area contributed by atoms with E-state index in [9.17, 15) is 18.3 Å². The molecule has 0 fully saturated rings. The number of hydrogen-bond acceptors (Lipinski definition) is 3. The number of rotatable bonds is 4. The molecule has 1 aromatic carbocycles. The first kappa shape index (κ1) is 16.1. The second-order valence-corrected chi connectivity index (χ2v) is 4.54. The van der Waals surface area contributed by atoms with Gasteiger partial charge in [0.05, 0.1) is 12.1 Å². The maximum Gasteiger partial charge on any atom is 0.423 e. The van der Waals surface area contributed by atoms with Gasteiger partial charge in [-0.15, -0.1) is 0 Å². The monoisotopic (exact) mass is 297 g/mol. The molecule has 3 N–H and O–H groups in total. The van der Waals surface area contributed by atoms with Gasteiger partial charge in [-0.1, -0.05) is 24.6 Å². The van der Waals surface area contributed by atoms with E-state index in [1.807, 2.05) is 0 Å². The molecule has 0 heterocycles.